The van der Waals surface area contributed by atoms with Crippen LogP contribution < -0.4 is 0 Å². The summed E-state index contributed by atoms with van der Waals surface area (Å²) in [5.74, 6) is -0.520. The van der Waals surface area contributed by atoms with E-state index < -0.39 is 6.04 Å². The lowest BCUT2D eigenvalue weighted by Gasteiger charge is -2.23. The second-order valence-electron chi connectivity index (χ2n) is 4.51. The fourth-order valence-electron chi connectivity index (χ4n) is 2.45. The summed E-state index contributed by atoms with van der Waals surface area (Å²) in [6.07, 6.45) is 3.18. The number of methoxy groups -OCH3 is 1. The van der Waals surface area contributed by atoms with Gasteiger partial charge in [-0.15, -0.1) is 0 Å². The number of aryl methyl sites for hydroxylation is 1. The average molecular weight is 285 g/mol. The number of carbonyl (C=O) groups is 2. The molecule has 0 aromatic carbocycles. The van der Waals surface area contributed by atoms with Gasteiger partial charge in [-0.05, 0) is 25.8 Å². The predicted molar refractivity (Wildman–Crippen MR) is 71.2 cm³/mol. The molecular formula is C13H17ClN2O3. The number of hydrogen-bond donors (Lipinski definition) is 0. The maximum absolute atomic E-state index is 12.5. The van der Waals surface area contributed by atoms with E-state index >= 15 is 0 Å². The van der Waals surface area contributed by atoms with Gasteiger partial charge in [0.1, 0.15) is 11.7 Å². The molecule has 104 valence electrons. The maximum atomic E-state index is 12.5. The molecule has 0 spiro atoms. The molecule has 1 amide bonds. The van der Waals surface area contributed by atoms with Gasteiger partial charge in [0.2, 0.25) is 0 Å². The molecule has 1 aromatic rings. The highest BCUT2D eigenvalue weighted by molar-refractivity contribution is 6.31. The van der Waals surface area contributed by atoms with Gasteiger partial charge in [-0.1, -0.05) is 11.6 Å². The topological polar surface area (TPSA) is 51.5 Å². The molecule has 1 aliphatic heterocycles. The molecule has 1 atom stereocenters. The predicted octanol–water partition coefficient (Wildman–Crippen LogP) is 1.94. The lowest BCUT2D eigenvalue weighted by Crippen LogP contribution is -2.41. The van der Waals surface area contributed by atoms with Gasteiger partial charge in [0.05, 0.1) is 12.1 Å². The Balaban J connectivity index is 2.25. The quantitative estimate of drug-likeness (QED) is 0.797. The van der Waals surface area contributed by atoms with Crippen molar-refractivity contribution in [2.24, 2.45) is 0 Å². The Hall–Kier alpha value is -1.49. The number of nitrogens with zero attached hydrogens (tertiary/aromatic N) is 2. The molecule has 6 heteroatoms. The van der Waals surface area contributed by atoms with Crippen LogP contribution in [-0.2, 0) is 16.1 Å². The van der Waals surface area contributed by atoms with E-state index in [1.54, 1.807) is 21.7 Å². The summed E-state index contributed by atoms with van der Waals surface area (Å²) >= 11 is 5.94. The maximum Gasteiger partial charge on any atom is 0.328 e. The van der Waals surface area contributed by atoms with Crippen LogP contribution in [-0.4, -0.2) is 41.0 Å². The van der Waals surface area contributed by atoms with Crippen molar-refractivity contribution in [1.82, 2.24) is 9.47 Å². The lowest BCUT2D eigenvalue weighted by molar-refractivity contribution is -0.145. The molecule has 0 aliphatic carbocycles. The first-order valence-corrected chi connectivity index (χ1v) is 6.70. The standard InChI is InChI=1S/C13H17ClN2O3/c1-3-15-8-9(14)7-11(15)12(17)16-6-4-5-10(16)13(18)19-2/h7-8,10H,3-6H2,1-2H3. The van der Waals surface area contributed by atoms with Crippen LogP contribution in [0.1, 0.15) is 30.3 Å². The van der Waals surface area contributed by atoms with E-state index in [1.807, 2.05) is 6.92 Å². The van der Waals surface area contributed by atoms with E-state index in [1.165, 1.54) is 7.11 Å². The number of likely N-dealkylation sites (tertiary alicyclic amines) is 1. The van der Waals surface area contributed by atoms with Crippen LogP contribution in [0, 0.1) is 0 Å². The van der Waals surface area contributed by atoms with Gasteiger partial charge in [0.15, 0.2) is 0 Å². The van der Waals surface area contributed by atoms with E-state index in [2.05, 4.69) is 0 Å². The van der Waals surface area contributed by atoms with E-state index in [-0.39, 0.29) is 11.9 Å². The van der Waals surface area contributed by atoms with Crippen LogP contribution in [0.4, 0.5) is 0 Å². The van der Waals surface area contributed by atoms with Crippen LogP contribution in [0.15, 0.2) is 12.3 Å². The first-order chi connectivity index (χ1) is 9.08. The minimum absolute atomic E-state index is 0.165. The fourth-order valence-corrected chi connectivity index (χ4v) is 2.67. The van der Waals surface area contributed by atoms with Crippen LogP contribution in [0.2, 0.25) is 5.02 Å². The molecular weight excluding hydrogens is 268 g/mol. The number of esters is 1. The summed E-state index contributed by atoms with van der Waals surface area (Å²) in [6.45, 7) is 3.17. The normalized spacial score (nSPS) is 18.7. The third kappa shape index (κ3) is 2.61. The van der Waals surface area contributed by atoms with Crippen molar-refractivity contribution < 1.29 is 14.3 Å². The summed E-state index contributed by atoms with van der Waals surface area (Å²) in [5.41, 5.74) is 0.517. The van der Waals surface area contributed by atoms with Gasteiger partial charge in [0, 0.05) is 19.3 Å². The average Bonchev–Trinajstić information content (AvgIpc) is 3.02. The number of amides is 1. The molecule has 2 rings (SSSR count). The van der Waals surface area contributed by atoms with Gasteiger partial charge in [0.25, 0.3) is 5.91 Å². The van der Waals surface area contributed by atoms with Crippen LogP contribution in [0.25, 0.3) is 0 Å². The van der Waals surface area contributed by atoms with Gasteiger partial charge >= 0.3 is 5.97 Å². The molecule has 0 radical (unpaired) electrons. The highest BCUT2D eigenvalue weighted by Crippen LogP contribution is 2.23. The van der Waals surface area contributed by atoms with Crippen molar-refractivity contribution in [2.45, 2.75) is 32.4 Å². The number of ether oxygens (including phenoxy) is 1. The molecule has 1 aliphatic rings. The van der Waals surface area contributed by atoms with E-state index in [0.717, 1.165) is 6.42 Å². The third-order valence-corrected chi connectivity index (χ3v) is 3.62. The highest BCUT2D eigenvalue weighted by atomic mass is 35.5. The largest absolute Gasteiger partial charge is 0.467 e. The molecule has 1 unspecified atom stereocenters. The van der Waals surface area contributed by atoms with Crippen molar-refractivity contribution in [1.29, 1.82) is 0 Å². The van der Waals surface area contributed by atoms with Crippen LogP contribution in [0.3, 0.4) is 0 Å². The Bertz CT molecular complexity index is 498. The zero-order valence-electron chi connectivity index (χ0n) is 11.1. The Kier molecular flexibility index (Phi) is 4.14. The first kappa shape index (κ1) is 13.9. The Morgan fingerprint density at radius 1 is 1.53 bits per heavy atom. The van der Waals surface area contributed by atoms with Crippen molar-refractivity contribution in [3.63, 3.8) is 0 Å². The molecule has 2 heterocycles. The molecule has 5 nitrogen and oxygen atoms in total. The summed E-state index contributed by atoms with van der Waals surface area (Å²) in [5, 5.41) is 0.527. The monoisotopic (exact) mass is 284 g/mol. The van der Waals surface area contributed by atoms with E-state index in [4.69, 9.17) is 16.3 Å². The number of hydrogen-bond acceptors (Lipinski definition) is 3. The minimum Gasteiger partial charge on any atom is -0.467 e. The number of aromatic nitrogens is 1. The summed E-state index contributed by atoms with van der Waals surface area (Å²) in [6, 6.07) is 1.16. The summed E-state index contributed by atoms with van der Waals surface area (Å²) in [7, 11) is 1.34. The SMILES string of the molecule is CCn1cc(Cl)cc1C(=O)N1CCCC1C(=O)OC. The van der Waals surface area contributed by atoms with E-state index in [9.17, 15) is 9.59 Å². The van der Waals surface area contributed by atoms with E-state index in [0.29, 0.717) is 30.2 Å². The second kappa shape index (κ2) is 5.65. The molecule has 1 aromatic heterocycles. The molecule has 0 N–H and O–H groups in total. The number of carbonyl (C=O) groups excluding carboxylic acids is 2. The molecule has 0 saturated carbocycles. The highest BCUT2D eigenvalue weighted by Gasteiger charge is 2.36. The second-order valence-corrected chi connectivity index (χ2v) is 4.95. The molecule has 0 bridgehead atoms. The van der Waals surface area contributed by atoms with Crippen LogP contribution >= 0.6 is 11.6 Å². The first-order valence-electron chi connectivity index (χ1n) is 6.33. The smallest absolute Gasteiger partial charge is 0.328 e. The fraction of sp³-hybridized carbons (Fsp3) is 0.538. The van der Waals surface area contributed by atoms with Crippen molar-refractivity contribution in [2.75, 3.05) is 13.7 Å². The summed E-state index contributed by atoms with van der Waals surface area (Å²) < 4.78 is 6.54. The van der Waals surface area contributed by atoms with Gasteiger partial charge in [-0.3, -0.25) is 4.79 Å². The number of rotatable bonds is 3. The molecule has 1 fully saturated rings. The van der Waals surface area contributed by atoms with Crippen molar-refractivity contribution in [3.05, 3.63) is 23.0 Å². The summed E-state index contributed by atoms with van der Waals surface area (Å²) in [4.78, 5) is 25.8. The zero-order valence-corrected chi connectivity index (χ0v) is 11.8. The molecule has 1 saturated heterocycles. The Labute approximate surface area is 117 Å². The van der Waals surface area contributed by atoms with Crippen molar-refractivity contribution >= 4 is 23.5 Å². The Morgan fingerprint density at radius 2 is 2.26 bits per heavy atom. The number of halogens is 1. The molecule has 19 heavy (non-hydrogen) atoms. The lowest BCUT2D eigenvalue weighted by atomic mass is 10.2. The van der Waals surface area contributed by atoms with Gasteiger partial charge < -0.3 is 14.2 Å². The van der Waals surface area contributed by atoms with Crippen LogP contribution in [0.5, 0.6) is 0 Å². The van der Waals surface area contributed by atoms with Crippen molar-refractivity contribution in [3.8, 4) is 0 Å². The Morgan fingerprint density at radius 3 is 2.89 bits per heavy atom. The zero-order chi connectivity index (χ0) is 14.0. The third-order valence-electron chi connectivity index (χ3n) is 3.41. The van der Waals surface area contributed by atoms with Gasteiger partial charge in [-0.2, -0.15) is 0 Å². The van der Waals surface area contributed by atoms with Gasteiger partial charge in [-0.25, -0.2) is 4.79 Å². The minimum atomic E-state index is -0.475.